The van der Waals surface area contributed by atoms with Crippen molar-refractivity contribution in [1.29, 1.82) is 0 Å². The minimum atomic E-state index is -4.98. The Hall–Kier alpha value is -3.76. The van der Waals surface area contributed by atoms with Gasteiger partial charge in [-0.1, -0.05) is 267 Å². The molecule has 0 bridgehead atoms. The van der Waals surface area contributed by atoms with Gasteiger partial charge in [-0.05, 0) is 103 Å². The van der Waals surface area contributed by atoms with Crippen LogP contribution in [0.3, 0.4) is 0 Å². The van der Waals surface area contributed by atoms with E-state index >= 15 is 0 Å². The highest BCUT2D eigenvalue weighted by molar-refractivity contribution is 7.47. The minimum Gasteiger partial charge on any atom is -0.462 e. The van der Waals surface area contributed by atoms with Crippen molar-refractivity contribution in [2.75, 3.05) is 39.6 Å². The molecule has 5 unspecified atom stereocenters. The molecule has 0 aromatic rings. The van der Waals surface area contributed by atoms with E-state index in [9.17, 15) is 43.2 Å². The van der Waals surface area contributed by atoms with Crippen molar-refractivity contribution in [2.24, 2.45) is 0 Å². The molecule has 0 aromatic heterocycles. The summed E-state index contributed by atoms with van der Waals surface area (Å²) in [6.07, 6.45) is 67.6. The fraction of sp³-hybridized carbons (Fsp3) is 0.760. The zero-order chi connectivity index (χ0) is 69.0. The molecule has 5 atom stereocenters. The van der Waals surface area contributed by atoms with Gasteiger partial charge in [0.15, 0.2) is 12.2 Å². The first-order valence-electron chi connectivity index (χ1n) is 36.8. The summed E-state index contributed by atoms with van der Waals surface area (Å²) in [4.78, 5) is 72.6. The van der Waals surface area contributed by atoms with E-state index in [1.165, 1.54) is 103 Å². The number of aliphatic hydroxyl groups excluding tert-OH is 1. The number of aliphatic hydroxyl groups is 1. The molecule has 0 amide bonds. The SMILES string of the molecule is CC/C=C\C/C=C\C/C=C\C/C=C\C/C=C\CC(=O)OCC(COP(=O)(O)OCC(O)COP(=O)(O)OCC(COC(=O)CCCCCCC/C=C\CCCCCCCC)OC(=O)CCCCCCC/C=C\CCCCCC)OC(=O)CCCCCCCCCCCCC. The van der Waals surface area contributed by atoms with Gasteiger partial charge in [0, 0.05) is 19.3 Å². The van der Waals surface area contributed by atoms with Gasteiger partial charge in [-0.25, -0.2) is 9.13 Å². The van der Waals surface area contributed by atoms with E-state index in [0.29, 0.717) is 25.7 Å². The summed E-state index contributed by atoms with van der Waals surface area (Å²) < 4.78 is 68.2. The van der Waals surface area contributed by atoms with Gasteiger partial charge in [0.25, 0.3) is 0 Å². The molecule has 544 valence electrons. The maximum absolute atomic E-state index is 13.0. The van der Waals surface area contributed by atoms with Crippen LogP contribution in [0, 0.1) is 0 Å². The van der Waals surface area contributed by atoms with Crippen LogP contribution in [-0.4, -0.2) is 96.7 Å². The molecule has 17 nitrogen and oxygen atoms in total. The average Bonchev–Trinajstić information content (AvgIpc) is 1.35. The van der Waals surface area contributed by atoms with Crippen LogP contribution in [0.5, 0.6) is 0 Å². The first-order valence-corrected chi connectivity index (χ1v) is 39.8. The lowest BCUT2D eigenvalue weighted by Gasteiger charge is -2.21. The topological polar surface area (TPSA) is 237 Å². The van der Waals surface area contributed by atoms with Crippen molar-refractivity contribution in [3.8, 4) is 0 Å². The van der Waals surface area contributed by atoms with Crippen molar-refractivity contribution < 1.29 is 80.2 Å². The Balaban J connectivity index is 5.38. The maximum atomic E-state index is 13.0. The minimum absolute atomic E-state index is 0.0682. The number of esters is 4. The van der Waals surface area contributed by atoms with Crippen LogP contribution in [0.4, 0.5) is 0 Å². The van der Waals surface area contributed by atoms with Crippen LogP contribution in [-0.2, 0) is 65.4 Å². The van der Waals surface area contributed by atoms with Crippen molar-refractivity contribution in [3.63, 3.8) is 0 Å². The largest absolute Gasteiger partial charge is 0.472 e. The van der Waals surface area contributed by atoms with Gasteiger partial charge in [-0.15, -0.1) is 0 Å². The van der Waals surface area contributed by atoms with Crippen molar-refractivity contribution in [1.82, 2.24) is 0 Å². The average molecular weight is 1370 g/mol. The monoisotopic (exact) mass is 1370 g/mol. The number of rotatable bonds is 69. The quantitative estimate of drug-likeness (QED) is 0.0169. The summed E-state index contributed by atoms with van der Waals surface area (Å²) in [6, 6.07) is 0. The Labute approximate surface area is 570 Å². The number of hydrogen-bond acceptors (Lipinski definition) is 15. The van der Waals surface area contributed by atoms with Crippen LogP contribution < -0.4 is 0 Å². The van der Waals surface area contributed by atoms with Gasteiger partial charge in [0.05, 0.1) is 32.8 Å². The lowest BCUT2D eigenvalue weighted by Crippen LogP contribution is -2.30. The van der Waals surface area contributed by atoms with Crippen LogP contribution in [0.25, 0.3) is 0 Å². The van der Waals surface area contributed by atoms with Crippen LogP contribution >= 0.6 is 15.6 Å². The molecule has 94 heavy (non-hydrogen) atoms. The zero-order valence-corrected chi connectivity index (χ0v) is 60.9. The van der Waals surface area contributed by atoms with E-state index in [-0.39, 0.29) is 25.7 Å². The summed E-state index contributed by atoms with van der Waals surface area (Å²) in [7, 11) is -9.96. The van der Waals surface area contributed by atoms with Crippen molar-refractivity contribution in [3.05, 3.63) is 85.1 Å². The van der Waals surface area contributed by atoms with E-state index in [0.717, 1.165) is 128 Å². The highest BCUT2D eigenvalue weighted by Gasteiger charge is 2.30. The second-order valence-electron chi connectivity index (χ2n) is 24.5. The molecule has 0 radical (unpaired) electrons. The summed E-state index contributed by atoms with van der Waals surface area (Å²) in [6.45, 7) is 4.61. The van der Waals surface area contributed by atoms with Crippen molar-refractivity contribution in [2.45, 2.75) is 329 Å². The third kappa shape index (κ3) is 66.8. The van der Waals surface area contributed by atoms with Gasteiger partial charge < -0.3 is 33.8 Å². The van der Waals surface area contributed by atoms with Crippen LogP contribution in [0.15, 0.2) is 85.1 Å². The van der Waals surface area contributed by atoms with Gasteiger partial charge >= 0.3 is 39.5 Å². The number of allylic oxidation sites excluding steroid dienone is 13. The number of hydrogen-bond donors (Lipinski definition) is 3. The molecular formula is C75H132O17P2. The van der Waals surface area contributed by atoms with Gasteiger partial charge in [0.2, 0.25) is 0 Å². The number of ether oxygens (including phenoxy) is 4. The van der Waals surface area contributed by atoms with Gasteiger partial charge in [-0.2, -0.15) is 0 Å². The zero-order valence-electron chi connectivity index (χ0n) is 59.1. The summed E-state index contributed by atoms with van der Waals surface area (Å²) in [5, 5.41) is 10.6. The predicted molar refractivity (Wildman–Crippen MR) is 381 cm³/mol. The lowest BCUT2D eigenvalue weighted by atomic mass is 10.1. The highest BCUT2D eigenvalue weighted by Crippen LogP contribution is 2.45. The Morgan fingerprint density at radius 1 is 0.319 bits per heavy atom. The van der Waals surface area contributed by atoms with E-state index in [1.54, 1.807) is 6.08 Å². The molecule has 0 saturated heterocycles. The Bertz CT molecular complexity index is 2120. The van der Waals surface area contributed by atoms with E-state index < -0.39 is 97.5 Å². The molecule has 0 aliphatic heterocycles. The van der Waals surface area contributed by atoms with Crippen LogP contribution in [0.1, 0.15) is 310 Å². The first-order chi connectivity index (χ1) is 45.7. The summed E-state index contributed by atoms with van der Waals surface area (Å²) >= 11 is 0. The Kier molecular flexibility index (Phi) is 65.1. The third-order valence-electron chi connectivity index (χ3n) is 15.4. The van der Waals surface area contributed by atoms with Crippen molar-refractivity contribution >= 4 is 39.5 Å². The second-order valence-corrected chi connectivity index (χ2v) is 27.4. The third-order valence-corrected chi connectivity index (χ3v) is 17.3. The summed E-state index contributed by atoms with van der Waals surface area (Å²) in [5.74, 6) is -2.33. The highest BCUT2D eigenvalue weighted by atomic mass is 31.2. The molecule has 0 saturated carbocycles. The van der Waals surface area contributed by atoms with Crippen LogP contribution in [0.2, 0.25) is 0 Å². The molecule has 0 aromatic carbocycles. The molecule has 0 rings (SSSR count). The molecule has 19 heteroatoms. The molecular weight excluding hydrogens is 1230 g/mol. The molecule has 0 heterocycles. The normalized spacial score (nSPS) is 14.5. The van der Waals surface area contributed by atoms with E-state index in [1.807, 2.05) is 18.2 Å². The molecule has 0 fully saturated rings. The first kappa shape index (κ1) is 90.2. The maximum Gasteiger partial charge on any atom is 0.472 e. The number of carbonyl (C=O) groups excluding carboxylic acids is 4. The smallest absolute Gasteiger partial charge is 0.462 e. The number of unbranched alkanes of at least 4 members (excludes halogenated alkanes) is 30. The fourth-order valence-electron chi connectivity index (χ4n) is 9.75. The van der Waals surface area contributed by atoms with E-state index in [4.69, 9.17) is 37.0 Å². The molecule has 3 N–H and O–H groups in total. The van der Waals surface area contributed by atoms with Gasteiger partial charge in [-0.3, -0.25) is 37.3 Å². The molecule has 0 aliphatic rings. The number of carbonyl (C=O) groups is 4. The predicted octanol–water partition coefficient (Wildman–Crippen LogP) is 20.7. The van der Waals surface area contributed by atoms with E-state index in [2.05, 4.69) is 88.5 Å². The molecule has 0 aliphatic carbocycles. The lowest BCUT2D eigenvalue weighted by molar-refractivity contribution is -0.161. The second kappa shape index (κ2) is 67.8. The Morgan fingerprint density at radius 2 is 0.596 bits per heavy atom. The molecule has 0 spiro atoms. The fourth-order valence-corrected chi connectivity index (χ4v) is 11.3. The summed E-state index contributed by atoms with van der Waals surface area (Å²) in [5.41, 5.74) is 0. The standard InChI is InChI=1S/C75H132O17P2/c1-5-9-13-17-21-25-29-32-34-37-40-43-47-51-55-59-72(77)85-65-70(91-74(79)61-57-53-49-45-39-28-24-20-16-12-8-4)67-89-93(81,82)87-63-69(76)64-88-94(83,84)90-68-71(92-75(80)62-58-54-50-46-42-36-31-27-23-19-15-11-7-3)66-86-73(78)60-56-52-48-44-41-38-35-33-30-26-22-18-14-10-6-2/h9,13,21,25,27,31-35,40,43,51,55,69-71,76H,5-8,10-12,14-20,22-24,26,28-30,36-39,41-42,44-50,52-54,56-68H2,1-4H3,(H,81,82)(H,83,84)/b13-9-,25-21-,31-27-,34-32-,35-33-,43-40-,55-51-. The Morgan fingerprint density at radius 3 is 0.947 bits per heavy atom. The number of phosphoric acid groups is 2. The number of phosphoric ester groups is 2. The van der Waals surface area contributed by atoms with Gasteiger partial charge in [0.1, 0.15) is 19.3 Å².